The third-order valence-electron chi connectivity index (χ3n) is 3.22. The Morgan fingerprint density at radius 3 is 2.50 bits per heavy atom. The van der Waals surface area contributed by atoms with E-state index in [1.807, 2.05) is 24.3 Å². The molecule has 0 bridgehead atoms. The molecule has 1 unspecified atom stereocenters. The van der Waals surface area contributed by atoms with Gasteiger partial charge < -0.3 is 14.2 Å². The van der Waals surface area contributed by atoms with Gasteiger partial charge in [0.15, 0.2) is 0 Å². The Labute approximate surface area is 144 Å². The second kappa shape index (κ2) is 8.39. The van der Waals surface area contributed by atoms with E-state index in [0.717, 1.165) is 16.4 Å². The Hall–Kier alpha value is -2.48. The average molecular weight is 350 g/mol. The van der Waals surface area contributed by atoms with Gasteiger partial charge in [0.2, 0.25) is 0 Å². The molecule has 0 amide bonds. The van der Waals surface area contributed by atoms with E-state index in [0.29, 0.717) is 0 Å². The molecule has 1 aromatic carbocycles. The van der Waals surface area contributed by atoms with Crippen molar-refractivity contribution in [3.05, 3.63) is 42.1 Å². The van der Waals surface area contributed by atoms with Crippen molar-refractivity contribution in [2.24, 2.45) is 5.10 Å². The molecule has 0 radical (unpaired) electrons. The van der Waals surface area contributed by atoms with E-state index in [4.69, 9.17) is 9.47 Å². The number of hydrogen-bond donors (Lipinski definition) is 0. The van der Waals surface area contributed by atoms with Gasteiger partial charge in [0.1, 0.15) is 16.2 Å². The van der Waals surface area contributed by atoms with E-state index in [1.54, 1.807) is 12.1 Å². The average Bonchev–Trinajstić information content (AvgIpc) is 3.02. The highest BCUT2D eigenvalue weighted by Gasteiger charge is 2.29. The van der Waals surface area contributed by atoms with E-state index in [1.165, 1.54) is 38.3 Å². The summed E-state index contributed by atoms with van der Waals surface area (Å²) < 4.78 is 14.4. The van der Waals surface area contributed by atoms with Crippen molar-refractivity contribution < 1.29 is 23.8 Å². The van der Waals surface area contributed by atoms with Crippen molar-refractivity contribution in [1.82, 2.24) is 5.01 Å². The molecule has 1 aromatic rings. The highest BCUT2D eigenvalue weighted by Crippen LogP contribution is 2.32. The Balaban J connectivity index is 2.20. The Bertz CT molecular complexity index is 657. The number of methoxy groups -OCH3 is 3. The first-order chi connectivity index (χ1) is 11.6. The largest absolute Gasteiger partial charge is 0.497 e. The van der Waals surface area contributed by atoms with Gasteiger partial charge in [-0.15, -0.1) is 0 Å². The second-order valence-electron chi connectivity index (χ2n) is 4.71. The highest BCUT2D eigenvalue weighted by molar-refractivity contribution is 8.15. The van der Waals surface area contributed by atoms with Gasteiger partial charge in [-0.3, -0.25) is 9.80 Å². The molecule has 0 N–H and O–H groups in total. The molecule has 0 saturated heterocycles. The molecule has 0 fully saturated rings. The summed E-state index contributed by atoms with van der Waals surface area (Å²) in [4.78, 5) is 22.9. The first-order valence-electron chi connectivity index (χ1n) is 7.08. The minimum atomic E-state index is -0.495. The van der Waals surface area contributed by atoms with Gasteiger partial charge in [0.05, 0.1) is 27.8 Å². The topological polar surface area (TPSA) is 77.4 Å². The lowest BCUT2D eigenvalue weighted by Crippen LogP contribution is -2.23. The van der Waals surface area contributed by atoms with Gasteiger partial charge >= 0.3 is 11.9 Å². The highest BCUT2D eigenvalue weighted by atomic mass is 32.2. The number of hydrazone groups is 1. The number of carbonyl (C=O) groups excluding carboxylic acids is 2. The third-order valence-corrected chi connectivity index (χ3v) is 4.41. The van der Waals surface area contributed by atoms with Crippen LogP contribution < -0.4 is 4.74 Å². The summed E-state index contributed by atoms with van der Waals surface area (Å²) in [6.07, 6.45) is 2.88. The first kappa shape index (κ1) is 17.9. The van der Waals surface area contributed by atoms with Crippen LogP contribution in [0.5, 0.6) is 5.75 Å². The number of rotatable bonds is 6. The smallest absolute Gasteiger partial charge is 0.332 e. The molecule has 1 aliphatic rings. The van der Waals surface area contributed by atoms with E-state index >= 15 is 0 Å². The standard InChI is InChI=1S/C16H18N2O5S/c1-21-12-6-4-11(5-7-12)16-17-18(9-8-14(19)22-2)13(24-16)10-15(20)23-3/h4-9,13H,10H2,1-3H3/b9-8+. The predicted octanol–water partition coefficient (Wildman–Crippen LogP) is 1.98. The van der Waals surface area contributed by atoms with Gasteiger partial charge in [0.25, 0.3) is 0 Å². The van der Waals surface area contributed by atoms with Crippen LogP contribution in [0.3, 0.4) is 0 Å². The zero-order valence-electron chi connectivity index (χ0n) is 13.6. The second-order valence-corrected chi connectivity index (χ2v) is 5.87. The lowest BCUT2D eigenvalue weighted by Gasteiger charge is -2.17. The summed E-state index contributed by atoms with van der Waals surface area (Å²) in [6, 6.07) is 7.43. The number of carbonyl (C=O) groups is 2. The van der Waals surface area contributed by atoms with E-state index in [-0.39, 0.29) is 17.8 Å². The lowest BCUT2D eigenvalue weighted by molar-refractivity contribution is -0.141. The molecule has 2 rings (SSSR count). The lowest BCUT2D eigenvalue weighted by atomic mass is 10.2. The van der Waals surface area contributed by atoms with Crippen LogP contribution in [0, 0.1) is 0 Å². The zero-order chi connectivity index (χ0) is 17.5. The SMILES string of the molecule is COC(=O)/C=C/N1N=C(c2ccc(OC)cc2)SC1CC(=O)OC. The fourth-order valence-electron chi connectivity index (χ4n) is 1.93. The molecule has 1 heterocycles. The molecule has 0 spiro atoms. The molecule has 0 saturated carbocycles. The fourth-order valence-corrected chi connectivity index (χ4v) is 3.05. The monoisotopic (exact) mass is 350 g/mol. The van der Waals surface area contributed by atoms with Gasteiger partial charge in [-0.05, 0) is 24.3 Å². The fraction of sp³-hybridized carbons (Fsp3) is 0.312. The van der Waals surface area contributed by atoms with Crippen LogP contribution in [0.4, 0.5) is 0 Å². The minimum Gasteiger partial charge on any atom is -0.497 e. The molecule has 1 atom stereocenters. The number of ether oxygens (including phenoxy) is 3. The molecular formula is C16H18N2O5S. The third kappa shape index (κ3) is 4.51. The summed E-state index contributed by atoms with van der Waals surface area (Å²) in [5.74, 6) is -0.101. The summed E-state index contributed by atoms with van der Waals surface area (Å²) in [6.45, 7) is 0. The van der Waals surface area contributed by atoms with Crippen molar-refractivity contribution in [3.63, 3.8) is 0 Å². The molecule has 8 heteroatoms. The van der Waals surface area contributed by atoms with Crippen molar-refractivity contribution >= 4 is 28.7 Å². The first-order valence-corrected chi connectivity index (χ1v) is 7.96. The van der Waals surface area contributed by atoms with E-state index in [2.05, 4.69) is 9.84 Å². The molecular weight excluding hydrogens is 332 g/mol. The van der Waals surface area contributed by atoms with Gasteiger partial charge in [0, 0.05) is 17.8 Å². The Kier molecular flexibility index (Phi) is 6.25. The molecule has 7 nitrogen and oxygen atoms in total. The van der Waals surface area contributed by atoms with Gasteiger partial charge in [-0.25, -0.2) is 4.79 Å². The van der Waals surface area contributed by atoms with Gasteiger partial charge in [-0.1, -0.05) is 11.8 Å². The molecule has 1 aliphatic heterocycles. The van der Waals surface area contributed by atoms with Crippen LogP contribution in [-0.4, -0.2) is 48.7 Å². The number of benzene rings is 1. The summed E-state index contributed by atoms with van der Waals surface area (Å²) in [5, 5.41) is 6.45. The normalized spacial score (nSPS) is 16.9. The number of hydrogen-bond acceptors (Lipinski definition) is 8. The number of thioether (sulfide) groups is 1. The van der Waals surface area contributed by atoms with Crippen LogP contribution in [0.15, 0.2) is 41.6 Å². The van der Waals surface area contributed by atoms with Gasteiger partial charge in [-0.2, -0.15) is 5.10 Å². The Morgan fingerprint density at radius 1 is 1.21 bits per heavy atom. The van der Waals surface area contributed by atoms with Crippen LogP contribution in [-0.2, 0) is 19.1 Å². The maximum atomic E-state index is 11.6. The molecule has 24 heavy (non-hydrogen) atoms. The van der Waals surface area contributed by atoms with Crippen LogP contribution in [0.25, 0.3) is 0 Å². The summed E-state index contributed by atoms with van der Waals surface area (Å²) >= 11 is 1.42. The quantitative estimate of drug-likeness (QED) is 0.573. The number of nitrogens with zero attached hydrogens (tertiary/aromatic N) is 2. The molecule has 128 valence electrons. The van der Waals surface area contributed by atoms with Crippen LogP contribution in [0.1, 0.15) is 12.0 Å². The predicted molar refractivity (Wildman–Crippen MR) is 90.5 cm³/mol. The van der Waals surface area contributed by atoms with E-state index < -0.39 is 5.97 Å². The van der Waals surface area contributed by atoms with Crippen molar-refractivity contribution in [1.29, 1.82) is 0 Å². The van der Waals surface area contributed by atoms with Crippen LogP contribution in [0.2, 0.25) is 0 Å². The zero-order valence-corrected chi connectivity index (χ0v) is 14.4. The Morgan fingerprint density at radius 2 is 1.92 bits per heavy atom. The molecule has 0 aliphatic carbocycles. The summed E-state index contributed by atoms with van der Waals surface area (Å²) in [5.41, 5.74) is 0.893. The summed E-state index contributed by atoms with van der Waals surface area (Å²) in [7, 11) is 4.23. The number of esters is 2. The maximum absolute atomic E-state index is 11.6. The molecule has 0 aromatic heterocycles. The van der Waals surface area contributed by atoms with Crippen molar-refractivity contribution in [2.45, 2.75) is 11.8 Å². The minimum absolute atomic E-state index is 0.135. The van der Waals surface area contributed by atoms with E-state index in [9.17, 15) is 9.59 Å². The van der Waals surface area contributed by atoms with Crippen molar-refractivity contribution in [2.75, 3.05) is 21.3 Å². The maximum Gasteiger partial charge on any atom is 0.332 e. The van der Waals surface area contributed by atoms with Crippen molar-refractivity contribution in [3.8, 4) is 5.75 Å². The van der Waals surface area contributed by atoms with Crippen LogP contribution >= 0.6 is 11.8 Å².